The number of amides is 3. The number of anilines is 6. The van der Waals surface area contributed by atoms with Crippen LogP contribution in [0, 0.1) is 5.82 Å². The average Bonchev–Trinajstić information content (AvgIpc) is 1.67. The fraction of sp³-hybridized carbons (Fsp3) is 0.260. The number of aromatic amines is 3. The third-order valence-electron chi connectivity index (χ3n) is 18.2. The Labute approximate surface area is 597 Å². The van der Waals surface area contributed by atoms with Crippen molar-refractivity contribution in [3.05, 3.63) is 180 Å². The van der Waals surface area contributed by atoms with Gasteiger partial charge in [0.2, 0.25) is 35.5 Å². The van der Waals surface area contributed by atoms with Crippen molar-refractivity contribution in [1.82, 2.24) is 60.8 Å². The molecule has 0 saturated heterocycles. The third-order valence-corrected chi connectivity index (χ3v) is 18.5. The number of aromatic hydroxyl groups is 1. The van der Waals surface area contributed by atoms with Gasteiger partial charge in [-0.2, -0.15) is 29.9 Å². The number of methoxy groups -OCH3 is 2. The summed E-state index contributed by atoms with van der Waals surface area (Å²) in [5.74, 6) is 2.83. The first-order valence-corrected chi connectivity index (χ1v) is 34.5. The van der Waals surface area contributed by atoms with Crippen molar-refractivity contribution in [2.24, 2.45) is 0 Å². The summed E-state index contributed by atoms with van der Waals surface area (Å²) in [5, 5.41) is 29.8. The van der Waals surface area contributed by atoms with Gasteiger partial charge in [0.1, 0.15) is 58.3 Å². The normalized spacial score (nSPS) is 13.7. The number of carbonyl (C=O) groups excluding carboxylic acids is 3. The number of phenolic OH excluding ortho intramolecular Hbond substituents is 1. The molecular weight excluding hydrogens is 1330 g/mol. The minimum Gasteiger partial charge on any atom is -0.508 e. The summed E-state index contributed by atoms with van der Waals surface area (Å²) in [6.45, 7) is 0. The molecule has 3 amide bonds. The van der Waals surface area contributed by atoms with Crippen LogP contribution in [-0.2, 0) is 0 Å². The zero-order chi connectivity index (χ0) is 71.5. The Morgan fingerprint density at radius 1 is 0.447 bits per heavy atom. The summed E-state index contributed by atoms with van der Waals surface area (Å²) < 4.78 is 43.6. The molecule has 6 aromatic heterocycles. The maximum atomic E-state index is 13.5. The number of nitrogens with one attached hydrogen (secondary N) is 9. The topological polar surface area (TPSA) is 314 Å². The fourth-order valence-corrected chi connectivity index (χ4v) is 13.1. The van der Waals surface area contributed by atoms with Gasteiger partial charge in [-0.05, 0) is 173 Å². The molecule has 10 N–H and O–H groups in total. The van der Waals surface area contributed by atoms with E-state index in [4.69, 9.17) is 55.2 Å². The van der Waals surface area contributed by atoms with Gasteiger partial charge in [0.25, 0.3) is 17.7 Å². The number of rotatable bonds is 20. The summed E-state index contributed by atoms with van der Waals surface area (Å²) in [6, 6.07) is 38.7. The SMILES string of the molecule is CNC(=O)c1ccc(Nc2nc(OC3CCCC3)c3c(-c4ccc(F)cc4)c[nH]c3n2)c(OC)c1.CNC(=O)c1ccc(Nc2nc(OC3CCCC3)c3c(-c4ccc(O)cc4)c[nH]c3n2)c(Cl)c1.CNC(=O)c1ccc(Nc2nc(OC3CCCC3)c3c(-c4ccccc4)c[nH]c3n2)c(OC)c1. The molecule has 0 atom stereocenters. The molecular formula is C77H77ClFN15O9. The summed E-state index contributed by atoms with van der Waals surface area (Å²) in [6.07, 6.45) is 18.8. The second kappa shape index (κ2) is 31.7. The van der Waals surface area contributed by atoms with Crippen molar-refractivity contribution in [1.29, 1.82) is 0 Å². The number of benzene rings is 6. The second-order valence-corrected chi connectivity index (χ2v) is 25.4. The molecule has 0 radical (unpaired) electrons. The largest absolute Gasteiger partial charge is 0.508 e. The molecule has 3 aliphatic carbocycles. The number of carbonyl (C=O) groups is 3. The van der Waals surface area contributed by atoms with E-state index in [1.807, 2.05) is 48.9 Å². The minimum absolute atomic E-state index is 0.0818. The van der Waals surface area contributed by atoms with Crippen LogP contribution in [0.5, 0.6) is 34.9 Å². The quantitative estimate of drug-likeness (QED) is 0.0339. The lowest BCUT2D eigenvalue weighted by atomic mass is 10.1. The predicted octanol–water partition coefficient (Wildman–Crippen LogP) is 15.7. The molecule has 0 spiro atoms. The molecule has 0 unspecified atom stereocenters. The molecule has 0 aliphatic heterocycles. The minimum atomic E-state index is -0.296. The van der Waals surface area contributed by atoms with E-state index in [-0.39, 0.29) is 47.6 Å². The molecule has 26 heteroatoms. The summed E-state index contributed by atoms with van der Waals surface area (Å²) >= 11 is 6.42. The van der Waals surface area contributed by atoms with Gasteiger partial charge in [0.05, 0.1) is 52.5 Å². The molecule has 3 aliphatic rings. The first kappa shape index (κ1) is 69.5. The number of ether oxygens (including phenoxy) is 5. The maximum absolute atomic E-state index is 13.5. The van der Waals surface area contributed by atoms with Crippen molar-refractivity contribution < 1.29 is 47.6 Å². The third kappa shape index (κ3) is 16.0. The first-order chi connectivity index (χ1) is 50.2. The summed E-state index contributed by atoms with van der Waals surface area (Å²) in [4.78, 5) is 73.7. The van der Waals surface area contributed by atoms with E-state index in [1.165, 1.54) is 19.2 Å². The number of hydrogen-bond acceptors (Lipinski definition) is 18. The predicted molar refractivity (Wildman–Crippen MR) is 396 cm³/mol. The zero-order valence-electron chi connectivity index (χ0n) is 57.3. The van der Waals surface area contributed by atoms with Crippen molar-refractivity contribution in [3.63, 3.8) is 0 Å². The Morgan fingerprint density at radius 3 is 1.15 bits per heavy atom. The molecule has 6 aromatic carbocycles. The molecule has 103 heavy (non-hydrogen) atoms. The Morgan fingerprint density at radius 2 is 0.786 bits per heavy atom. The highest BCUT2D eigenvalue weighted by Crippen LogP contribution is 2.42. The maximum Gasteiger partial charge on any atom is 0.251 e. The van der Waals surface area contributed by atoms with E-state index >= 15 is 0 Å². The molecule has 528 valence electrons. The molecule has 15 rings (SSSR count). The Balaban J connectivity index is 0.000000138. The van der Waals surface area contributed by atoms with Gasteiger partial charge < -0.3 is 75.6 Å². The van der Waals surface area contributed by atoms with Crippen LogP contribution in [-0.4, -0.2) is 121 Å². The van der Waals surface area contributed by atoms with Gasteiger partial charge in [0.15, 0.2) is 0 Å². The van der Waals surface area contributed by atoms with E-state index < -0.39 is 0 Å². The Hall–Kier alpha value is -12.0. The van der Waals surface area contributed by atoms with Crippen LogP contribution in [0.2, 0.25) is 5.02 Å². The van der Waals surface area contributed by atoms with Crippen LogP contribution in [0.4, 0.5) is 39.3 Å². The lowest BCUT2D eigenvalue weighted by Crippen LogP contribution is -2.17. The van der Waals surface area contributed by atoms with Crippen LogP contribution < -0.4 is 55.6 Å². The number of halogens is 2. The van der Waals surface area contributed by atoms with Gasteiger partial charge in [0, 0.05) is 73.1 Å². The van der Waals surface area contributed by atoms with Gasteiger partial charge in [-0.3, -0.25) is 14.4 Å². The number of fused-ring (bicyclic) bond motifs is 3. The fourth-order valence-electron chi connectivity index (χ4n) is 12.9. The summed E-state index contributed by atoms with van der Waals surface area (Å²) in [7, 11) is 7.83. The van der Waals surface area contributed by atoms with E-state index in [9.17, 15) is 23.9 Å². The van der Waals surface area contributed by atoms with Crippen LogP contribution in [0.25, 0.3) is 66.5 Å². The standard InChI is InChI=1S/C26H26FN5O3.C26H27N5O3.C25H24ClN5O3/c1-28-24(33)16-9-12-20(21(13-16)34-2)30-26-31-23-22(25(32-26)35-18-5-3-4-6-18)19(14-29-23)15-7-10-17(27)11-8-15;1-27-24(32)17-12-13-20(21(14-17)33-2)29-26-30-23-22(25(31-26)34-18-10-6-7-11-18)19(15-28-23)16-8-4-3-5-9-16;1-27-23(33)15-8-11-20(19(26)12-15)29-25-30-22-21(24(31-25)34-17-4-2-3-5-17)18(13-28-22)14-6-9-16(32)10-7-14/h7-14,18H,3-6H2,1-2H3,(H,28,33)(H2,29,30,31,32);3-5,8-9,12-15,18H,6-7,10-11H2,1-2H3,(H,27,32)(H2,28,29,30,31);6-13,17,32H,2-5H2,1H3,(H,27,33)(H2,28,29,30,31). The van der Waals surface area contributed by atoms with E-state index in [1.54, 1.807) is 107 Å². The Kier molecular flexibility index (Phi) is 21.4. The average molecular weight is 1410 g/mol. The van der Waals surface area contributed by atoms with Crippen molar-refractivity contribution in [2.75, 3.05) is 51.3 Å². The lowest BCUT2D eigenvalue weighted by molar-refractivity contribution is 0.0955. The van der Waals surface area contributed by atoms with Gasteiger partial charge in [-0.15, -0.1) is 0 Å². The number of nitrogens with zero attached hydrogens (tertiary/aromatic N) is 6. The highest BCUT2D eigenvalue weighted by molar-refractivity contribution is 6.33. The second-order valence-electron chi connectivity index (χ2n) is 25.0. The number of aromatic nitrogens is 9. The van der Waals surface area contributed by atoms with Gasteiger partial charge in [-0.25, -0.2) is 4.39 Å². The molecule has 6 heterocycles. The van der Waals surface area contributed by atoms with Crippen LogP contribution >= 0.6 is 11.6 Å². The number of phenols is 1. The lowest BCUT2D eigenvalue weighted by Gasteiger charge is -2.16. The first-order valence-electron chi connectivity index (χ1n) is 34.1. The molecule has 12 aromatic rings. The molecule has 24 nitrogen and oxygen atoms in total. The molecule has 0 bridgehead atoms. The van der Waals surface area contributed by atoms with E-state index in [0.29, 0.717) is 103 Å². The van der Waals surface area contributed by atoms with Crippen molar-refractivity contribution in [3.8, 4) is 68.3 Å². The van der Waals surface area contributed by atoms with E-state index in [0.717, 1.165) is 127 Å². The Bertz CT molecular complexity index is 5020. The van der Waals surface area contributed by atoms with Crippen molar-refractivity contribution >= 4 is 97.3 Å². The van der Waals surface area contributed by atoms with Crippen LogP contribution in [0.1, 0.15) is 108 Å². The number of H-pyrrole nitrogens is 3. The molecule has 3 saturated carbocycles. The zero-order valence-corrected chi connectivity index (χ0v) is 58.1. The summed E-state index contributed by atoms with van der Waals surface area (Å²) in [5.41, 5.74) is 10.7. The van der Waals surface area contributed by atoms with Crippen LogP contribution in [0.3, 0.4) is 0 Å². The monoisotopic (exact) mass is 1410 g/mol. The van der Waals surface area contributed by atoms with E-state index in [2.05, 4.69) is 69.0 Å². The van der Waals surface area contributed by atoms with Gasteiger partial charge >= 0.3 is 0 Å². The number of hydrogen-bond donors (Lipinski definition) is 10. The van der Waals surface area contributed by atoms with Crippen LogP contribution in [0.15, 0.2) is 152 Å². The smallest absolute Gasteiger partial charge is 0.251 e. The van der Waals surface area contributed by atoms with Crippen molar-refractivity contribution in [2.45, 2.75) is 95.4 Å². The highest BCUT2D eigenvalue weighted by Gasteiger charge is 2.27. The highest BCUT2D eigenvalue weighted by atomic mass is 35.5. The van der Waals surface area contributed by atoms with Gasteiger partial charge in [-0.1, -0.05) is 66.2 Å². The molecule has 3 fully saturated rings.